The van der Waals surface area contributed by atoms with E-state index in [1.807, 2.05) is 6.92 Å². The van der Waals surface area contributed by atoms with Gasteiger partial charge >= 0.3 is 0 Å². The van der Waals surface area contributed by atoms with Gasteiger partial charge in [-0.25, -0.2) is 13.6 Å². The van der Waals surface area contributed by atoms with Crippen LogP contribution < -0.4 is 10.5 Å². The third-order valence-electron chi connectivity index (χ3n) is 2.10. The second-order valence-electron chi connectivity index (χ2n) is 3.34. The summed E-state index contributed by atoms with van der Waals surface area (Å²) >= 11 is 3.03. The number of primary sulfonamides is 1. The van der Waals surface area contributed by atoms with Crippen molar-refractivity contribution in [3.63, 3.8) is 0 Å². The van der Waals surface area contributed by atoms with Gasteiger partial charge in [0.05, 0.1) is 11.0 Å². The molecule has 0 aliphatic carbocycles. The molecule has 0 fully saturated rings. The van der Waals surface area contributed by atoms with Gasteiger partial charge in [-0.1, -0.05) is 15.9 Å². The Kier molecular flexibility index (Phi) is 4.67. The average molecular weight is 321 g/mol. The summed E-state index contributed by atoms with van der Waals surface area (Å²) < 4.78 is 22.8. The number of sulfonamides is 1. The van der Waals surface area contributed by atoms with E-state index < -0.39 is 10.0 Å². The zero-order valence-electron chi connectivity index (χ0n) is 9.23. The van der Waals surface area contributed by atoms with E-state index in [0.29, 0.717) is 17.8 Å². The first kappa shape index (κ1) is 14.1. The van der Waals surface area contributed by atoms with E-state index in [2.05, 4.69) is 21.2 Å². The van der Waals surface area contributed by atoms with Gasteiger partial charge in [0, 0.05) is 12.1 Å². The summed E-state index contributed by atoms with van der Waals surface area (Å²) in [6.07, 6.45) is 0. The van der Waals surface area contributed by atoms with Crippen molar-refractivity contribution >= 4 is 37.4 Å². The van der Waals surface area contributed by atoms with Crippen LogP contribution in [0.2, 0.25) is 0 Å². The SMILES string of the molecule is CCNc1ccc(C(=O)CBr)cc1S(N)(=O)=O. The summed E-state index contributed by atoms with van der Waals surface area (Å²) in [5.74, 6) is -0.196. The predicted octanol–water partition coefficient (Wildman–Crippen LogP) is 1.34. The fraction of sp³-hybridized carbons (Fsp3) is 0.300. The number of alkyl halides is 1. The molecule has 3 N–H and O–H groups in total. The molecular weight excluding hydrogens is 308 g/mol. The molecule has 0 aliphatic heterocycles. The van der Waals surface area contributed by atoms with E-state index in [4.69, 9.17) is 5.14 Å². The molecule has 17 heavy (non-hydrogen) atoms. The van der Waals surface area contributed by atoms with Crippen LogP contribution in [0.15, 0.2) is 23.1 Å². The number of carbonyl (C=O) groups excluding carboxylic acids is 1. The highest BCUT2D eigenvalue weighted by atomic mass is 79.9. The second kappa shape index (κ2) is 5.61. The van der Waals surface area contributed by atoms with Gasteiger partial charge in [-0.15, -0.1) is 0 Å². The number of rotatable bonds is 5. The van der Waals surface area contributed by atoms with E-state index in [0.717, 1.165) is 0 Å². The minimum absolute atomic E-state index is 0.0637. The lowest BCUT2D eigenvalue weighted by Crippen LogP contribution is -2.16. The monoisotopic (exact) mass is 320 g/mol. The van der Waals surface area contributed by atoms with Crippen molar-refractivity contribution < 1.29 is 13.2 Å². The number of carbonyl (C=O) groups is 1. The normalized spacial score (nSPS) is 11.2. The fourth-order valence-electron chi connectivity index (χ4n) is 1.34. The third-order valence-corrected chi connectivity index (χ3v) is 3.56. The first-order chi connectivity index (χ1) is 7.90. The molecule has 0 spiro atoms. The van der Waals surface area contributed by atoms with Gasteiger partial charge in [-0.2, -0.15) is 0 Å². The Hall–Kier alpha value is -0.920. The van der Waals surface area contributed by atoms with Crippen molar-refractivity contribution in [2.75, 3.05) is 17.2 Å². The number of hydrogen-bond acceptors (Lipinski definition) is 4. The lowest BCUT2D eigenvalue weighted by atomic mass is 10.1. The maximum atomic E-state index is 11.5. The number of Topliss-reactive ketones (excluding diaryl/α,β-unsaturated/α-hetero) is 1. The van der Waals surface area contributed by atoms with E-state index >= 15 is 0 Å². The predicted molar refractivity (Wildman–Crippen MR) is 70.1 cm³/mol. The summed E-state index contributed by atoms with van der Waals surface area (Å²) in [5, 5.41) is 8.13. The van der Waals surface area contributed by atoms with Crippen molar-refractivity contribution in [2.45, 2.75) is 11.8 Å². The summed E-state index contributed by atoms with van der Waals surface area (Å²) in [6, 6.07) is 4.40. The summed E-state index contributed by atoms with van der Waals surface area (Å²) in [6.45, 7) is 2.40. The van der Waals surface area contributed by atoms with Crippen LogP contribution in [0, 0.1) is 0 Å². The zero-order valence-corrected chi connectivity index (χ0v) is 11.6. The molecule has 0 atom stereocenters. The largest absolute Gasteiger partial charge is 0.384 e. The number of nitrogens with two attached hydrogens (primary N) is 1. The van der Waals surface area contributed by atoms with Crippen LogP contribution in [-0.4, -0.2) is 26.1 Å². The highest BCUT2D eigenvalue weighted by molar-refractivity contribution is 9.09. The molecule has 1 aromatic rings. The topological polar surface area (TPSA) is 89.3 Å². The molecule has 1 rings (SSSR count). The Morgan fingerprint density at radius 3 is 2.59 bits per heavy atom. The van der Waals surface area contributed by atoms with Gasteiger partial charge < -0.3 is 5.32 Å². The van der Waals surface area contributed by atoms with Crippen LogP contribution in [-0.2, 0) is 10.0 Å². The van der Waals surface area contributed by atoms with E-state index in [1.165, 1.54) is 6.07 Å². The minimum Gasteiger partial charge on any atom is -0.384 e. The van der Waals surface area contributed by atoms with Crippen LogP contribution in [0.25, 0.3) is 0 Å². The fourth-order valence-corrected chi connectivity index (χ4v) is 2.41. The van der Waals surface area contributed by atoms with E-state index in [-0.39, 0.29) is 16.0 Å². The van der Waals surface area contributed by atoms with Gasteiger partial charge in [0.25, 0.3) is 0 Å². The van der Waals surface area contributed by atoms with Crippen molar-refractivity contribution in [3.05, 3.63) is 23.8 Å². The highest BCUT2D eigenvalue weighted by Gasteiger charge is 2.16. The smallest absolute Gasteiger partial charge is 0.240 e. The Labute approximate surface area is 109 Å². The van der Waals surface area contributed by atoms with Gasteiger partial charge in [0.2, 0.25) is 10.0 Å². The number of ketones is 1. The van der Waals surface area contributed by atoms with Crippen LogP contribution in [0.1, 0.15) is 17.3 Å². The molecule has 0 aromatic heterocycles. The molecule has 0 heterocycles. The molecular formula is C10H13BrN2O3S. The number of hydrogen-bond donors (Lipinski definition) is 2. The van der Waals surface area contributed by atoms with Gasteiger partial charge in [-0.3, -0.25) is 4.79 Å². The first-order valence-electron chi connectivity index (χ1n) is 4.90. The van der Waals surface area contributed by atoms with Gasteiger partial charge in [-0.05, 0) is 25.1 Å². The van der Waals surface area contributed by atoms with Crippen molar-refractivity contribution in [1.82, 2.24) is 0 Å². The standard InChI is InChI=1S/C10H13BrN2O3S/c1-2-13-8-4-3-7(9(14)6-11)5-10(8)17(12,15)16/h3-5,13H,2,6H2,1H3,(H2,12,15,16). The molecule has 0 unspecified atom stereocenters. The zero-order chi connectivity index (χ0) is 13.1. The maximum Gasteiger partial charge on any atom is 0.240 e. The molecule has 0 saturated heterocycles. The quantitative estimate of drug-likeness (QED) is 0.633. The molecule has 0 bridgehead atoms. The third kappa shape index (κ3) is 3.52. The second-order valence-corrected chi connectivity index (χ2v) is 5.43. The minimum atomic E-state index is -3.85. The highest BCUT2D eigenvalue weighted by Crippen LogP contribution is 2.22. The van der Waals surface area contributed by atoms with Crippen LogP contribution in [0.4, 0.5) is 5.69 Å². The Morgan fingerprint density at radius 1 is 1.47 bits per heavy atom. The molecule has 5 nitrogen and oxygen atoms in total. The van der Waals surface area contributed by atoms with Gasteiger partial charge in [0.15, 0.2) is 5.78 Å². The van der Waals surface area contributed by atoms with Crippen molar-refractivity contribution in [1.29, 1.82) is 0 Å². The van der Waals surface area contributed by atoms with Gasteiger partial charge in [0.1, 0.15) is 4.90 Å². The van der Waals surface area contributed by atoms with Crippen molar-refractivity contribution in [2.24, 2.45) is 5.14 Å². The lowest BCUT2D eigenvalue weighted by Gasteiger charge is -2.10. The number of anilines is 1. The first-order valence-corrected chi connectivity index (χ1v) is 7.56. The summed E-state index contributed by atoms with van der Waals surface area (Å²) in [7, 11) is -3.85. The maximum absolute atomic E-state index is 11.5. The van der Waals surface area contributed by atoms with Crippen LogP contribution in [0.3, 0.4) is 0 Å². The Bertz CT molecular complexity index is 528. The molecule has 0 amide bonds. The molecule has 1 aromatic carbocycles. The number of nitrogens with one attached hydrogen (secondary N) is 1. The summed E-state index contributed by atoms with van der Waals surface area (Å²) in [4.78, 5) is 11.4. The molecule has 0 radical (unpaired) electrons. The Morgan fingerprint density at radius 2 is 2.12 bits per heavy atom. The molecule has 94 valence electrons. The lowest BCUT2D eigenvalue weighted by molar-refractivity contribution is 0.102. The molecule has 7 heteroatoms. The Balaban J connectivity index is 3.34. The van der Waals surface area contributed by atoms with E-state index in [9.17, 15) is 13.2 Å². The number of benzene rings is 1. The average Bonchev–Trinajstić information content (AvgIpc) is 2.27. The summed E-state index contributed by atoms with van der Waals surface area (Å²) in [5.41, 5.74) is 0.716. The van der Waals surface area contributed by atoms with Crippen LogP contribution >= 0.6 is 15.9 Å². The number of halogens is 1. The molecule has 0 aliphatic rings. The van der Waals surface area contributed by atoms with E-state index in [1.54, 1.807) is 12.1 Å². The van der Waals surface area contributed by atoms with Crippen LogP contribution in [0.5, 0.6) is 0 Å². The molecule has 0 saturated carbocycles. The van der Waals surface area contributed by atoms with Crippen molar-refractivity contribution in [3.8, 4) is 0 Å².